The summed E-state index contributed by atoms with van der Waals surface area (Å²) in [5, 5.41) is 0. The predicted molar refractivity (Wildman–Crippen MR) is 94.1 cm³/mol. The molecule has 0 atom stereocenters. The predicted octanol–water partition coefficient (Wildman–Crippen LogP) is 5.08. The molecule has 0 saturated heterocycles. The van der Waals surface area contributed by atoms with Gasteiger partial charge in [0, 0.05) is 23.6 Å². The molecule has 0 saturated carbocycles. The quantitative estimate of drug-likeness (QED) is 0.402. The second-order valence-corrected chi connectivity index (χ2v) is 7.20. The second-order valence-electron chi connectivity index (χ2n) is 3.85. The molecule has 2 aromatic rings. The van der Waals surface area contributed by atoms with Crippen LogP contribution in [0.15, 0.2) is 46.9 Å². The van der Waals surface area contributed by atoms with Gasteiger partial charge in [0.1, 0.15) is 0 Å². The normalized spacial score (nSPS) is 10.4. The maximum absolute atomic E-state index is 12.2. The van der Waals surface area contributed by atoms with Gasteiger partial charge in [-0.1, -0.05) is 28.1 Å². The number of Topliss-reactive ketones (excluding diaryl/α,β-unsaturated/α-hetero) is 1. The average Bonchev–Trinajstić information content (AvgIpc) is 2.35. The van der Waals surface area contributed by atoms with Gasteiger partial charge >= 0.3 is 0 Å². The van der Waals surface area contributed by atoms with E-state index >= 15 is 0 Å². The van der Waals surface area contributed by atoms with Crippen LogP contribution in [0.25, 0.3) is 0 Å². The Balaban J connectivity index is 2.21. The maximum atomic E-state index is 12.2. The summed E-state index contributed by atoms with van der Waals surface area (Å²) in [7, 11) is 0. The molecule has 0 N–H and O–H groups in total. The first-order valence-corrected chi connectivity index (χ1v) is 8.24. The lowest BCUT2D eigenvalue weighted by atomic mass is 10.0. The number of hydrogen-bond acceptors (Lipinski definition) is 1. The van der Waals surface area contributed by atoms with Crippen LogP contribution in [-0.2, 0) is 6.42 Å². The fraction of sp³-hybridized carbons (Fsp3) is 0.0714. The first kappa shape index (κ1) is 14.5. The third-order valence-corrected chi connectivity index (χ3v) is 4.59. The van der Waals surface area contributed by atoms with Crippen molar-refractivity contribution in [3.8, 4) is 0 Å². The molecule has 0 aromatic heterocycles. The molecule has 0 aliphatic heterocycles. The smallest absolute Gasteiger partial charge is 0.168 e. The summed E-state index contributed by atoms with van der Waals surface area (Å²) in [5.41, 5.74) is 1.80. The Kier molecular flexibility index (Phi) is 5.20. The zero-order chi connectivity index (χ0) is 13.1. The number of ketones is 1. The highest BCUT2D eigenvalue weighted by Crippen LogP contribution is 2.21. The standard InChI is InChI=1S/C14H9BrI2O/c15-13-6-5-11(17)8-12(13)14(18)7-9-1-3-10(16)4-2-9/h1-6,8H,7H2. The number of halogens is 3. The van der Waals surface area contributed by atoms with E-state index in [0.717, 1.165) is 19.2 Å². The van der Waals surface area contributed by atoms with E-state index in [0.29, 0.717) is 6.42 Å². The molecule has 0 radical (unpaired) electrons. The fourth-order valence-electron chi connectivity index (χ4n) is 1.59. The van der Waals surface area contributed by atoms with Gasteiger partial charge in [-0.05, 0) is 81.1 Å². The lowest BCUT2D eigenvalue weighted by molar-refractivity contribution is 0.0992. The Hall–Kier alpha value is 0.0500. The van der Waals surface area contributed by atoms with E-state index in [1.165, 1.54) is 3.57 Å². The van der Waals surface area contributed by atoms with Crippen LogP contribution in [0.3, 0.4) is 0 Å². The van der Waals surface area contributed by atoms with Crippen LogP contribution in [0, 0.1) is 7.14 Å². The van der Waals surface area contributed by atoms with Gasteiger partial charge in [0.15, 0.2) is 5.78 Å². The lowest BCUT2D eigenvalue weighted by Gasteiger charge is -2.05. The molecule has 0 unspecified atom stereocenters. The first-order valence-electron chi connectivity index (χ1n) is 5.29. The van der Waals surface area contributed by atoms with Gasteiger partial charge in [-0.15, -0.1) is 0 Å². The Morgan fingerprint density at radius 3 is 2.28 bits per heavy atom. The van der Waals surface area contributed by atoms with Crippen molar-refractivity contribution in [2.45, 2.75) is 6.42 Å². The largest absolute Gasteiger partial charge is 0.294 e. The summed E-state index contributed by atoms with van der Waals surface area (Å²) < 4.78 is 3.11. The highest BCUT2D eigenvalue weighted by Gasteiger charge is 2.11. The number of carbonyl (C=O) groups is 1. The minimum atomic E-state index is 0.140. The molecule has 92 valence electrons. The van der Waals surface area contributed by atoms with Gasteiger partial charge in [0.05, 0.1) is 0 Å². The van der Waals surface area contributed by atoms with Crippen molar-refractivity contribution in [2.75, 3.05) is 0 Å². The zero-order valence-corrected chi connectivity index (χ0v) is 15.2. The molecule has 2 rings (SSSR count). The summed E-state index contributed by atoms with van der Waals surface area (Å²) in [6.45, 7) is 0. The molecule has 0 aliphatic rings. The molecule has 4 heteroatoms. The Morgan fingerprint density at radius 2 is 1.61 bits per heavy atom. The van der Waals surface area contributed by atoms with Gasteiger partial charge < -0.3 is 0 Å². The monoisotopic (exact) mass is 526 g/mol. The fourth-order valence-corrected chi connectivity index (χ4v) is 2.91. The van der Waals surface area contributed by atoms with Crippen molar-refractivity contribution in [2.24, 2.45) is 0 Å². The average molecular weight is 527 g/mol. The molecule has 18 heavy (non-hydrogen) atoms. The van der Waals surface area contributed by atoms with Gasteiger partial charge in [0.25, 0.3) is 0 Å². The molecule has 0 heterocycles. The maximum Gasteiger partial charge on any atom is 0.168 e. The van der Waals surface area contributed by atoms with E-state index in [1.807, 2.05) is 42.5 Å². The van der Waals surface area contributed by atoms with E-state index in [1.54, 1.807) is 0 Å². The van der Waals surface area contributed by atoms with Crippen LogP contribution < -0.4 is 0 Å². The summed E-state index contributed by atoms with van der Waals surface area (Å²) in [6, 6.07) is 13.9. The van der Waals surface area contributed by atoms with Crippen LogP contribution >= 0.6 is 61.1 Å². The molecule has 0 fully saturated rings. The number of rotatable bonds is 3. The van der Waals surface area contributed by atoms with Crippen molar-refractivity contribution in [1.29, 1.82) is 0 Å². The number of benzene rings is 2. The summed E-state index contributed by atoms with van der Waals surface area (Å²) >= 11 is 7.91. The van der Waals surface area contributed by atoms with Crippen molar-refractivity contribution >= 4 is 66.9 Å². The first-order chi connectivity index (χ1) is 8.56. The topological polar surface area (TPSA) is 17.1 Å². The highest BCUT2D eigenvalue weighted by atomic mass is 127. The van der Waals surface area contributed by atoms with Gasteiger partial charge in [0.2, 0.25) is 0 Å². The van der Waals surface area contributed by atoms with E-state index in [2.05, 4.69) is 61.1 Å². The van der Waals surface area contributed by atoms with Gasteiger partial charge in [-0.25, -0.2) is 0 Å². The van der Waals surface area contributed by atoms with Crippen molar-refractivity contribution in [3.63, 3.8) is 0 Å². The lowest BCUT2D eigenvalue weighted by Crippen LogP contribution is -2.04. The SMILES string of the molecule is O=C(Cc1ccc(I)cc1)c1cc(I)ccc1Br. The van der Waals surface area contributed by atoms with Gasteiger partial charge in [-0.3, -0.25) is 4.79 Å². The van der Waals surface area contributed by atoms with Crippen LogP contribution in [0.5, 0.6) is 0 Å². The van der Waals surface area contributed by atoms with Crippen molar-refractivity contribution in [1.82, 2.24) is 0 Å². The summed E-state index contributed by atoms with van der Waals surface area (Å²) in [6.07, 6.45) is 0.440. The third kappa shape index (κ3) is 3.77. The van der Waals surface area contributed by atoms with Crippen LogP contribution in [-0.4, -0.2) is 5.78 Å². The second kappa shape index (κ2) is 6.47. The Bertz CT molecular complexity index is 579. The molecule has 2 aromatic carbocycles. The highest BCUT2D eigenvalue weighted by molar-refractivity contribution is 14.1. The molecule has 0 amide bonds. The van der Waals surface area contributed by atoms with Gasteiger partial charge in [-0.2, -0.15) is 0 Å². The Morgan fingerprint density at radius 1 is 1.00 bits per heavy atom. The Labute approximate surface area is 142 Å². The molecule has 0 aliphatic carbocycles. The molecular weight excluding hydrogens is 518 g/mol. The molecule has 1 nitrogen and oxygen atoms in total. The summed E-state index contributed by atoms with van der Waals surface area (Å²) in [5.74, 6) is 0.140. The molecule has 0 spiro atoms. The number of carbonyl (C=O) groups excluding carboxylic acids is 1. The minimum Gasteiger partial charge on any atom is -0.294 e. The van der Waals surface area contributed by atoms with E-state index in [-0.39, 0.29) is 5.78 Å². The zero-order valence-electron chi connectivity index (χ0n) is 9.29. The van der Waals surface area contributed by atoms with E-state index in [9.17, 15) is 4.79 Å². The van der Waals surface area contributed by atoms with Crippen LogP contribution in [0.1, 0.15) is 15.9 Å². The van der Waals surface area contributed by atoms with Crippen LogP contribution in [0.2, 0.25) is 0 Å². The van der Waals surface area contributed by atoms with Crippen molar-refractivity contribution in [3.05, 3.63) is 65.2 Å². The van der Waals surface area contributed by atoms with E-state index in [4.69, 9.17) is 0 Å². The third-order valence-electron chi connectivity index (χ3n) is 2.51. The van der Waals surface area contributed by atoms with E-state index < -0.39 is 0 Å². The van der Waals surface area contributed by atoms with Crippen molar-refractivity contribution < 1.29 is 4.79 Å². The summed E-state index contributed by atoms with van der Waals surface area (Å²) in [4.78, 5) is 12.2. The number of hydrogen-bond donors (Lipinski definition) is 0. The minimum absolute atomic E-state index is 0.140. The molecular formula is C14H9BrI2O. The van der Waals surface area contributed by atoms with Crippen LogP contribution in [0.4, 0.5) is 0 Å². The molecule has 0 bridgehead atoms.